The summed E-state index contributed by atoms with van der Waals surface area (Å²) in [6.07, 6.45) is 0. The minimum atomic E-state index is -0.299. The van der Waals surface area contributed by atoms with Crippen LogP contribution in [0.15, 0.2) is 48.5 Å². The summed E-state index contributed by atoms with van der Waals surface area (Å²) in [6.45, 7) is 5.38. The maximum absolute atomic E-state index is 13.0. The van der Waals surface area contributed by atoms with Crippen molar-refractivity contribution in [2.45, 2.75) is 20.4 Å². The number of ketones is 2. The van der Waals surface area contributed by atoms with Gasteiger partial charge in [-0.3, -0.25) is 14.4 Å². The van der Waals surface area contributed by atoms with Gasteiger partial charge in [0.1, 0.15) is 5.69 Å². The Morgan fingerprint density at radius 3 is 2.34 bits per heavy atom. The van der Waals surface area contributed by atoms with Gasteiger partial charge in [-0.05, 0) is 31.5 Å². The molecule has 1 aliphatic carbocycles. The Kier molecular flexibility index (Phi) is 4.80. The van der Waals surface area contributed by atoms with E-state index in [0.29, 0.717) is 29.8 Å². The van der Waals surface area contributed by atoms with Crippen LogP contribution in [-0.4, -0.2) is 50.5 Å². The van der Waals surface area contributed by atoms with Gasteiger partial charge in [0.2, 0.25) is 11.6 Å². The number of rotatable bonds is 5. The monoisotopic (exact) mass is 388 g/mol. The molecule has 0 atom stereocenters. The molecule has 0 N–H and O–H groups in total. The van der Waals surface area contributed by atoms with E-state index in [-0.39, 0.29) is 35.4 Å². The zero-order valence-corrected chi connectivity index (χ0v) is 16.3. The minimum Gasteiger partial charge on any atom is -0.339 e. The molecule has 0 spiro atoms. The highest BCUT2D eigenvalue weighted by molar-refractivity contribution is 6.26. The van der Waals surface area contributed by atoms with E-state index < -0.39 is 0 Å². The van der Waals surface area contributed by atoms with Gasteiger partial charge in [0.15, 0.2) is 5.69 Å². The average molecular weight is 388 g/mol. The zero-order chi connectivity index (χ0) is 20.5. The highest BCUT2D eigenvalue weighted by Crippen LogP contribution is 2.26. The molecule has 0 aliphatic heterocycles. The smallest absolute Gasteiger partial charge is 0.253 e. The molecule has 0 saturated carbocycles. The van der Waals surface area contributed by atoms with E-state index in [1.165, 1.54) is 4.68 Å². The van der Waals surface area contributed by atoms with Crippen LogP contribution in [0.25, 0.3) is 0 Å². The quantitative estimate of drug-likeness (QED) is 0.525. The van der Waals surface area contributed by atoms with Crippen LogP contribution in [0, 0.1) is 0 Å². The average Bonchev–Trinajstić information content (AvgIpc) is 3.17. The Balaban J connectivity index is 1.67. The topological polar surface area (TPSA) is 85.2 Å². The van der Waals surface area contributed by atoms with E-state index in [1.54, 1.807) is 47.4 Å². The third-order valence-electron chi connectivity index (χ3n) is 5.14. The third-order valence-corrected chi connectivity index (χ3v) is 5.14. The van der Waals surface area contributed by atoms with Crippen molar-refractivity contribution in [3.05, 3.63) is 82.2 Å². The summed E-state index contributed by atoms with van der Waals surface area (Å²) >= 11 is 0. The lowest BCUT2D eigenvalue weighted by molar-refractivity contribution is 0.0772. The predicted molar refractivity (Wildman–Crippen MR) is 106 cm³/mol. The number of fused-ring (bicyclic) bond motifs is 2. The molecule has 0 bridgehead atoms. The number of benzene rings is 2. The highest BCUT2D eigenvalue weighted by Gasteiger charge is 2.34. The number of hydrogen-bond acceptors (Lipinski definition) is 5. The van der Waals surface area contributed by atoms with Crippen LogP contribution in [0.5, 0.6) is 0 Å². The summed E-state index contributed by atoms with van der Waals surface area (Å²) in [5.41, 5.74) is 2.35. The van der Waals surface area contributed by atoms with Crippen molar-refractivity contribution in [3.63, 3.8) is 0 Å². The molecule has 29 heavy (non-hydrogen) atoms. The van der Waals surface area contributed by atoms with Gasteiger partial charge in [0.05, 0.1) is 6.54 Å². The van der Waals surface area contributed by atoms with Crippen LogP contribution >= 0.6 is 0 Å². The zero-order valence-electron chi connectivity index (χ0n) is 16.3. The molecule has 2 aromatic carbocycles. The number of nitrogens with zero attached hydrogens (tertiary/aromatic N) is 4. The first-order valence-corrected chi connectivity index (χ1v) is 9.55. The van der Waals surface area contributed by atoms with Gasteiger partial charge in [-0.25, -0.2) is 4.68 Å². The lowest BCUT2D eigenvalue weighted by Gasteiger charge is -2.19. The largest absolute Gasteiger partial charge is 0.339 e. The van der Waals surface area contributed by atoms with Gasteiger partial charge < -0.3 is 4.90 Å². The van der Waals surface area contributed by atoms with Crippen LogP contribution < -0.4 is 0 Å². The van der Waals surface area contributed by atoms with Crippen molar-refractivity contribution in [1.82, 2.24) is 19.9 Å². The lowest BCUT2D eigenvalue weighted by Crippen LogP contribution is -2.30. The molecule has 0 saturated heterocycles. The molecule has 1 heterocycles. The molecule has 0 radical (unpaired) electrons. The molecule has 3 aromatic rings. The fourth-order valence-electron chi connectivity index (χ4n) is 3.60. The molecule has 7 nitrogen and oxygen atoms in total. The number of amides is 1. The lowest BCUT2D eigenvalue weighted by atomic mass is 9.90. The first-order valence-electron chi connectivity index (χ1n) is 9.55. The fourth-order valence-corrected chi connectivity index (χ4v) is 3.60. The number of carbonyl (C=O) groups is 3. The Morgan fingerprint density at radius 2 is 1.66 bits per heavy atom. The molecule has 1 aliphatic rings. The van der Waals surface area contributed by atoms with Gasteiger partial charge >= 0.3 is 0 Å². The second-order valence-corrected chi connectivity index (χ2v) is 6.83. The first-order chi connectivity index (χ1) is 14.0. The standard InChI is InChI=1S/C22H20N4O3/c1-3-25(4-2)22(29)15-9-7-8-14(12-15)13-26-19-18(23-24-26)20(27)16-10-5-6-11-17(16)21(19)28/h5-12H,3-4,13H2,1-2H3. The van der Waals surface area contributed by atoms with Crippen molar-refractivity contribution in [2.24, 2.45) is 0 Å². The van der Waals surface area contributed by atoms with Crippen molar-refractivity contribution >= 4 is 17.5 Å². The van der Waals surface area contributed by atoms with Crippen LogP contribution in [0.1, 0.15) is 61.9 Å². The van der Waals surface area contributed by atoms with Crippen molar-refractivity contribution < 1.29 is 14.4 Å². The highest BCUT2D eigenvalue weighted by atomic mass is 16.2. The summed E-state index contributed by atoms with van der Waals surface area (Å²) in [4.78, 5) is 40.0. The molecule has 1 aromatic heterocycles. The molecular weight excluding hydrogens is 368 g/mol. The van der Waals surface area contributed by atoms with Gasteiger partial charge in [-0.1, -0.05) is 41.6 Å². The first kappa shape index (κ1) is 18.7. The summed E-state index contributed by atoms with van der Waals surface area (Å²) in [5, 5.41) is 8.01. The summed E-state index contributed by atoms with van der Waals surface area (Å²) in [5.74, 6) is -0.611. The second kappa shape index (κ2) is 7.43. The van der Waals surface area contributed by atoms with Crippen molar-refractivity contribution in [2.75, 3.05) is 13.1 Å². The summed E-state index contributed by atoms with van der Waals surface area (Å²) < 4.78 is 1.44. The van der Waals surface area contributed by atoms with E-state index in [2.05, 4.69) is 10.3 Å². The number of aromatic nitrogens is 3. The molecule has 0 unspecified atom stereocenters. The number of hydrogen-bond donors (Lipinski definition) is 0. The normalized spacial score (nSPS) is 12.5. The maximum Gasteiger partial charge on any atom is 0.253 e. The van der Waals surface area contributed by atoms with Crippen LogP contribution in [0.3, 0.4) is 0 Å². The van der Waals surface area contributed by atoms with Gasteiger partial charge in [0, 0.05) is 29.8 Å². The molecule has 0 fully saturated rings. The SMILES string of the molecule is CCN(CC)C(=O)c1cccc(Cn2nnc3c2C(=O)c2ccccc2C3=O)c1. The van der Waals surface area contributed by atoms with Gasteiger partial charge in [-0.2, -0.15) is 0 Å². The summed E-state index contributed by atoms with van der Waals surface area (Å²) in [7, 11) is 0. The van der Waals surface area contributed by atoms with Crippen molar-refractivity contribution in [1.29, 1.82) is 0 Å². The van der Waals surface area contributed by atoms with Crippen molar-refractivity contribution in [3.8, 4) is 0 Å². The van der Waals surface area contributed by atoms with E-state index >= 15 is 0 Å². The molecular formula is C22H20N4O3. The maximum atomic E-state index is 13.0. The molecule has 7 heteroatoms. The van der Waals surface area contributed by atoms with Crippen LogP contribution in [0.4, 0.5) is 0 Å². The van der Waals surface area contributed by atoms with Gasteiger partial charge in [0.25, 0.3) is 5.91 Å². The Bertz CT molecular complexity index is 1130. The molecule has 1 amide bonds. The van der Waals surface area contributed by atoms with Crippen LogP contribution in [0.2, 0.25) is 0 Å². The molecule has 4 rings (SSSR count). The Morgan fingerprint density at radius 1 is 0.966 bits per heavy atom. The minimum absolute atomic E-state index is 0.0438. The predicted octanol–water partition coefficient (Wildman–Crippen LogP) is 2.58. The second-order valence-electron chi connectivity index (χ2n) is 6.83. The summed E-state index contributed by atoms with van der Waals surface area (Å²) in [6, 6.07) is 13.9. The van der Waals surface area contributed by atoms with E-state index in [4.69, 9.17) is 0 Å². The molecule has 146 valence electrons. The number of carbonyl (C=O) groups excluding carboxylic acids is 3. The fraction of sp³-hybridized carbons (Fsp3) is 0.227. The Labute approximate surface area is 167 Å². The third kappa shape index (κ3) is 3.14. The van der Waals surface area contributed by atoms with Gasteiger partial charge in [-0.15, -0.1) is 5.10 Å². The van der Waals surface area contributed by atoms with E-state index in [0.717, 1.165) is 5.56 Å². The van der Waals surface area contributed by atoms with E-state index in [1.807, 2.05) is 19.9 Å². The van der Waals surface area contributed by atoms with Crippen LogP contribution in [-0.2, 0) is 6.54 Å². The Hall–Kier alpha value is -3.61. The van der Waals surface area contributed by atoms with E-state index in [9.17, 15) is 14.4 Å².